The Bertz CT molecular complexity index is 502. The van der Waals surface area contributed by atoms with Crippen LogP contribution >= 0.6 is 15.9 Å². The van der Waals surface area contributed by atoms with Crippen LogP contribution in [0.25, 0.3) is 0 Å². The molecule has 1 aromatic rings. The summed E-state index contributed by atoms with van der Waals surface area (Å²) in [4.78, 5) is 12.0. The smallest absolute Gasteiger partial charge is 0.236 e. The van der Waals surface area contributed by atoms with Crippen LogP contribution in [-0.2, 0) is 17.6 Å². The summed E-state index contributed by atoms with van der Waals surface area (Å²) in [6.45, 7) is 4.32. The molecule has 0 saturated carbocycles. The van der Waals surface area contributed by atoms with Gasteiger partial charge in [-0.2, -0.15) is 0 Å². The summed E-state index contributed by atoms with van der Waals surface area (Å²) < 4.78 is 1.15. The molecule has 4 heteroatoms. The highest BCUT2D eigenvalue weighted by molar-refractivity contribution is 9.10. The van der Waals surface area contributed by atoms with Crippen molar-refractivity contribution in [3.63, 3.8) is 0 Å². The van der Waals surface area contributed by atoms with Crippen LogP contribution in [0.5, 0.6) is 0 Å². The Labute approximate surface area is 136 Å². The molecule has 1 aliphatic rings. The summed E-state index contributed by atoms with van der Waals surface area (Å²) in [6, 6.07) is 6.82. The van der Waals surface area contributed by atoms with Crippen molar-refractivity contribution in [1.82, 2.24) is 10.6 Å². The highest BCUT2D eigenvalue weighted by Gasteiger charge is 2.25. The van der Waals surface area contributed by atoms with E-state index >= 15 is 0 Å². The third kappa shape index (κ3) is 4.55. The Hall–Kier alpha value is -0.870. The minimum absolute atomic E-state index is 0.0861. The van der Waals surface area contributed by atoms with Gasteiger partial charge in [-0.25, -0.2) is 0 Å². The maximum Gasteiger partial charge on any atom is 0.236 e. The number of hydrogen-bond acceptors (Lipinski definition) is 2. The topological polar surface area (TPSA) is 41.1 Å². The Balaban J connectivity index is 2.02. The van der Waals surface area contributed by atoms with E-state index in [9.17, 15) is 4.79 Å². The van der Waals surface area contributed by atoms with Crippen molar-refractivity contribution in [3.05, 3.63) is 33.8 Å². The van der Waals surface area contributed by atoms with Crippen molar-refractivity contribution in [2.24, 2.45) is 5.92 Å². The number of carbonyl (C=O) groups is 1. The normalized spacial score (nSPS) is 19.2. The molecule has 0 radical (unpaired) electrons. The predicted octanol–water partition coefficient (Wildman–Crippen LogP) is 3.06. The fourth-order valence-corrected chi connectivity index (χ4v) is 3.46. The summed E-state index contributed by atoms with van der Waals surface area (Å²) in [7, 11) is 1.71. The SMILES string of the molecule is CNC(=O)C(CC(C)C)NC1CCc2cc(Br)ccc2C1. The van der Waals surface area contributed by atoms with Gasteiger partial charge in [-0.15, -0.1) is 0 Å². The molecule has 0 aromatic heterocycles. The van der Waals surface area contributed by atoms with E-state index in [2.05, 4.69) is 58.6 Å². The molecule has 1 aromatic carbocycles. The van der Waals surface area contributed by atoms with Gasteiger partial charge in [0.15, 0.2) is 0 Å². The van der Waals surface area contributed by atoms with E-state index in [1.807, 2.05) is 0 Å². The standard InChI is InChI=1S/C17H25BrN2O/c1-11(2)8-16(17(21)19-3)20-15-7-5-12-9-14(18)6-4-13(12)10-15/h4,6,9,11,15-16,20H,5,7-8,10H2,1-3H3,(H,19,21). The second kappa shape index (κ2) is 7.41. The van der Waals surface area contributed by atoms with Crippen LogP contribution in [0.15, 0.2) is 22.7 Å². The first-order valence-corrected chi connectivity index (χ1v) is 8.53. The van der Waals surface area contributed by atoms with E-state index in [1.165, 1.54) is 11.1 Å². The van der Waals surface area contributed by atoms with E-state index in [1.54, 1.807) is 7.05 Å². The van der Waals surface area contributed by atoms with Gasteiger partial charge < -0.3 is 10.6 Å². The molecule has 1 amide bonds. The molecule has 2 unspecified atom stereocenters. The molecule has 0 bridgehead atoms. The highest BCUT2D eigenvalue weighted by Crippen LogP contribution is 2.25. The quantitative estimate of drug-likeness (QED) is 0.854. The Morgan fingerprint density at radius 1 is 1.38 bits per heavy atom. The third-order valence-corrected chi connectivity index (χ3v) is 4.60. The van der Waals surface area contributed by atoms with Gasteiger partial charge in [-0.05, 0) is 54.9 Å². The predicted molar refractivity (Wildman–Crippen MR) is 90.4 cm³/mol. The highest BCUT2D eigenvalue weighted by atomic mass is 79.9. The van der Waals surface area contributed by atoms with Crippen LogP contribution in [0.1, 0.15) is 37.8 Å². The molecule has 0 fully saturated rings. The van der Waals surface area contributed by atoms with Crippen molar-refractivity contribution < 1.29 is 4.79 Å². The summed E-state index contributed by atoms with van der Waals surface area (Å²) in [6.07, 6.45) is 4.06. The minimum atomic E-state index is -0.0861. The fourth-order valence-electron chi connectivity index (χ4n) is 3.05. The Morgan fingerprint density at radius 3 is 2.81 bits per heavy atom. The van der Waals surface area contributed by atoms with E-state index in [-0.39, 0.29) is 11.9 Å². The molecule has 116 valence electrons. The van der Waals surface area contributed by atoms with Gasteiger partial charge in [0, 0.05) is 17.6 Å². The monoisotopic (exact) mass is 352 g/mol. The van der Waals surface area contributed by atoms with Crippen LogP contribution in [0.2, 0.25) is 0 Å². The maximum atomic E-state index is 12.0. The van der Waals surface area contributed by atoms with Gasteiger partial charge in [-0.3, -0.25) is 4.79 Å². The number of benzene rings is 1. The van der Waals surface area contributed by atoms with Crippen molar-refractivity contribution in [3.8, 4) is 0 Å². The van der Waals surface area contributed by atoms with Crippen LogP contribution in [-0.4, -0.2) is 25.0 Å². The molecule has 21 heavy (non-hydrogen) atoms. The number of carbonyl (C=O) groups excluding carboxylic acids is 1. The lowest BCUT2D eigenvalue weighted by molar-refractivity contribution is -0.123. The molecular formula is C17H25BrN2O. The minimum Gasteiger partial charge on any atom is -0.358 e. The molecular weight excluding hydrogens is 328 g/mol. The summed E-state index contributed by atoms with van der Waals surface area (Å²) >= 11 is 3.53. The third-order valence-electron chi connectivity index (χ3n) is 4.10. The molecule has 2 rings (SSSR count). The average molecular weight is 353 g/mol. The van der Waals surface area contributed by atoms with Crippen molar-refractivity contribution in [2.45, 2.75) is 51.6 Å². The van der Waals surface area contributed by atoms with E-state index in [0.29, 0.717) is 12.0 Å². The molecule has 3 nitrogen and oxygen atoms in total. The van der Waals surface area contributed by atoms with E-state index in [0.717, 1.165) is 30.2 Å². The zero-order valence-corrected chi connectivity index (χ0v) is 14.7. The van der Waals surface area contributed by atoms with Crippen LogP contribution in [0.4, 0.5) is 0 Å². The Kier molecular flexibility index (Phi) is 5.82. The molecule has 0 saturated heterocycles. The van der Waals surface area contributed by atoms with E-state index in [4.69, 9.17) is 0 Å². The number of fused-ring (bicyclic) bond motifs is 1. The first-order valence-electron chi connectivity index (χ1n) is 7.74. The summed E-state index contributed by atoms with van der Waals surface area (Å²) in [5.41, 5.74) is 2.84. The van der Waals surface area contributed by atoms with E-state index < -0.39 is 0 Å². The molecule has 2 atom stereocenters. The van der Waals surface area contributed by atoms with Gasteiger partial charge in [0.25, 0.3) is 0 Å². The maximum absolute atomic E-state index is 12.0. The number of nitrogens with one attached hydrogen (secondary N) is 2. The number of hydrogen-bond donors (Lipinski definition) is 2. The average Bonchev–Trinajstić information content (AvgIpc) is 2.45. The number of halogens is 1. The second-order valence-corrected chi connectivity index (χ2v) is 7.23. The second-order valence-electron chi connectivity index (χ2n) is 6.32. The van der Waals surface area contributed by atoms with Gasteiger partial charge in [-0.1, -0.05) is 35.8 Å². The first-order chi connectivity index (χ1) is 9.99. The molecule has 1 aliphatic carbocycles. The lowest BCUT2D eigenvalue weighted by Gasteiger charge is -2.30. The van der Waals surface area contributed by atoms with Gasteiger partial charge in [0.1, 0.15) is 0 Å². The Morgan fingerprint density at radius 2 is 2.14 bits per heavy atom. The summed E-state index contributed by atoms with van der Waals surface area (Å²) in [5.74, 6) is 0.608. The van der Waals surface area contributed by atoms with Gasteiger partial charge in [0.2, 0.25) is 5.91 Å². The molecule has 0 aliphatic heterocycles. The fraction of sp³-hybridized carbons (Fsp3) is 0.588. The molecule has 0 heterocycles. The number of likely N-dealkylation sites (N-methyl/N-ethyl adjacent to an activating group) is 1. The van der Waals surface area contributed by atoms with Crippen molar-refractivity contribution in [1.29, 1.82) is 0 Å². The van der Waals surface area contributed by atoms with Crippen molar-refractivity contribution >= 4 is 21.8 Å². The number of amides is 1. The van der Waals surface area contributed by atoms with Crippen LogP contribution in [0.3, 0.4) is 0 Å². The van der Waals surface area contributed by atoms with Crippen molar-refractivity contribution in [2.75, 3.05) is 7.05 Å². The van der Waals surface area contributed by atoms with Gasteiger partial charge in [0.05, 0.1) is 6.04 Å². The van der Waals surface area contributed by atoms with Crippen LogP contribution < -0.4 is 10.6 Å². The lowest BCUT2D eigenvalue weighted by Crippen LogP contribution is -2.49. The van der Waals surface area contributed by atoms with Gasteiger partial charge >= 0.3 is 0 Å². The molecule has 0 spiro atoms. The largest absolute Gasteiger partial charge is 0.358 e. The summed E-state index contributed by atoms with van der Waals surface area (Å²) in [5, 5.41) is 6.35. The van der Waals surface area contributed by atoms with Crippen LogP contribution in [0, 0.1) is 5.92 Å². The first kappa shape index (κ1) is 16.5. The zero-order chi connectivity index (χ0) is 15.4. The number of aryl methyl sites for hydroxylation is 1. The lowest BCUT2D eigenvalue weighted by atomic mass is 9.87. The molecule has 2 N–H and O–H groups in total. The zero-order valence-electron chi connectivity index (χ0n) is 13.1. The number of rotatable bonds is 5.